The van der Waals surface area contributed by atoms with Crippen LogP contribution in [0.15, 0.2) is 44.2 Å². The summed E-state index contributed by atoms with van der Waals surface area (Å²) in [6, 6.07) is 8.48. The number of amides is 1. The third-order valence-electron chi connectivity index (χ3n) is 2.68. The van der Waals surface area contributed by atoms with E-state index in [0.717, 1.165) is 8.95 Å². The predicted molar refractivity (Wildman–Crippen MR) is 95.1 cm³/mol. The summed E-state index contributed by atoms with van der Waals surface area (Å²) >= 11 is 17.0. The Hall–Kier alpha value is -0.690. The van der Waals surface area contributed by atoms with E-state index < -0.39 is 0 Å². The quantitative estimate of drug-likeness (QED) is 0.612. The first-order chi connectivity index (χ1) is 9.92. The van der Waals surface area contributed by atoms with Gasteiger partial charge in [-0.3, -0.25) is 4.79 Å². The molecule has 0 unspecified atom stereocenters. The van der Waals surface area contributed by atoms with Gasteiger partial charge in [-0.1, -0.05) is 11.6 Å². The molecule has 0 aliphatic rings. The summed E-state index contributed by atoms with van der Waals surface area (Å²) in [5, 5.41) is 3.16. The molecule has 2 aromatic carbocycles. The van der Waals surface area contributed by atoms with Crippen LogP contribution in [-0.2, 0) is 0 Å². The van der Waals surface area contributed by atoms with E-state index in [1.54, 1.807) is 37.4 Å². The number of carbonyl (C=O) groups is 1. The molecule has 7 heteroatoms. The fourth-order valence-corrected chi connectivity index (χ4v) is 3.32. The Morgan fingerprint density at radius 2 is 1.95 bits per heavy atom. The molecule has 21 heavy (non-hydrogen) atoms. The minimum atomic E-state index is -0.319. The Labute approximate surface area is 149 Å². The number of anilines is 1. The lowest BCUT2D eigenvalue weighted by atomic mass is 10.2. The highest BCUT2D eigenvalue weighted by molar-refractivity contribution is 9.11. The SMILES string of the molecule is COc1cc(NC(=O)c2cc(S)ccc2Cl)c(Br)cc1Br. The van der Waals surface area contributed by atoms with Gasteiger partial charge in [0.2, 0.25) is 0 Å². The Balaban J connectivity index is 2.33. The smallest absolute Gasteiger partial charge is 0.257 e. The van der Waals surface area contributed by atoms with Gasteiger partial charge in [0.15, 0.2) is 0 Å². The predicted octanol–water partition coefficient (Wildman–Crippen LogP) is 5.41. The molecule has 0 spiro atoms. The monoisotopic (exact) mass is 449 g/mol. The summed E-state index contributed by atoms with van der Waals surface area (Å²) in [6.45, 7) is 0. The normalized spacial score (nSPS) is 10.3. The first kappa shape index (κ1) is 16.7. The van der Waals surface area contributed by atoms with Crippen LogP contribution in [0.4, 0.5) is 5.69 Å². The highest BCUT2D eigenvalue weighted by Gasteiger charge is 2.14. The molecule has 0 aromatic heterocycles. The van der Waals surface area contributed by atoms with Crippen molar-refractivity contribution in [2.45, 2.75) is 4.90 Å². The van der Waals surface area contributed by atoms with Gasteiger partial charge in [-0.15, -0.1) is 12.6 Å². The van der Waals surface area contributed by atoms with Gasteiger partial charge in [-0.05, 0) is 56.1 Å². The molecule has 2 aromatic rings. The zero-order valence-electron chi connectivity index (χ0n) is 10.8. The molecule has 0 aliphatic heterocycles. The second-order valence-electron chi connectivity index (χ2n) is 4.08. The molecule has 3 nitrogen and oxygen atoms in total. The van der Waals surface area contributed by atoms with E-state index >= 15 is 0 Å². The van der Waals surface area contributed by atoms with E-state index in [-0.39, 0.29) is 5.91 Å². The minimum absolute atomic E-state index is 0.319. The largest absolute Gasteiger partial charge is 0.495 e. The van der Waals surface area contributed by atoms with Crippen molar-refractivity contribution in [1.29, 1.82) is 0 Å². The number of methoxy groups -OCH3 is 1. The van der Waals surface area contributed by atoms with Gasteiger partial charge in [0, 0.05) is 15.4 Å². The van der Waals surface area contributed by atoms with Gasteiger partial charge in [-0.2, -0.15) is 0 Å². The first-order valence-electron chi connectivity index (χ1n) is 5.75. The molecule has 1 amide bonds. The summed E-state index contributed by atoms with van der Waals surface area (Å²) in [4.78, 5) is 13.0. The molecule has 0 heterocycles. The lowest BCUT2D eigenvalue weighted by Crippen LogP contribution is -2.13. The van der Waals surface area contributed by atoms with Crippen LogP contribution in [-0.4, -0.2) is 13.0 Å². The summed E-state index contributed by atoms with van der Waals surface area (Å²) in [5.41, 5.74) is 0.943. The van der Waals surface area contributed by atoms with E-state index in [9.17, 15) is 4.79 Å². The summed E-state index contributed by atoms with van der Waals surface area (Å²) in [5.74, 6) is 0.295. The molecular weight excluding hydrogens is 441 g/mol. The average Bonchev–Trinajstić information content (AvgIpc) is 2.44. The summed E-state index contributed by atoms with van der Waals surface area (Å²) < 4.78 is 6.72. The number of halogens is 3. The number of thiol groups is 1. The number of benzene rings is 2. The molecule has 0 fully saturated rings. The van der Waals surface area contributed by atoms with Gasteiger partial charge in [0.1, 0.15) is 5.75 Å². The van der Waals surface area contributed by atoms with Crippen LogP contribution in [0, 0.1) is 0 Å². The van der Waals surface area contributed by atoms with Crippen LogP contribution in [0.25, 0.3) is 0 Å². The van der Waals surface area contributed by atoms with Gasteiger partial charge >= 0.3 is 0 Å². The molecular formula is C14H10Br2ClNO2S. The van der Waals surface area contributed by atoms with E-state index in [0.29, 0.717) is 26.9 Å². The van der Waals surface area contributed by atoms with E-state index in [2.05, 4.69) is 49.8 Å². The Morgan fingerprint density at radius 1 is 1.24 bits per heavy atom. The maximum atomic E-state index is 12.3. The number of rotatable bonds is 3. The van der Waals surface area contributed by atoms with Crippen LogP contribution in [0.1, 0.15) is 10.4 Å². The van der Waals surface area contributed by atoms with Crippen LogP contribution >= 0.6 is 56.1 Å². The Bertz CT molecular complexity index is 710. The molecule has 0 atom stereocenters. The van der Waals surface area contributed by atoms with Crippen molar-refractivity contribution in [3.05, 3.63) is 49.9 Å². The second kappa shape index (κ2) is 7.05. The summed E-state index contributed by atoms with van der Waals surface area (Å²) in [6.07, 6.45) is 0. The van der Waals surface area contributed by atoms with E-state index in [1.807, 2.05) is 0 Å². The highest BCUT2D eigenvalue weighted by atomic mass is 79.9. The van der Waals surface area contributed by atoms with Gasteiger partial charge in [0.25, 0.3) is 5.91 Å². The van der Waals surface area contributed by atoms with Gasteiger partial charge in [-0.25, -0.2) is 0 Å². The number of carbonyl (C=O) groups excluding carboxylic acids is 1. The van der Waals surface area contributed by atoms with E-state index in [1.165, 1.54) is 0 Å². The van der Waals surface area contributed by atoms with Crippen molar-refractivity contribution in [3.63, 3.8) is 0 Å². The van der Waals surface area contributed by atoms with E-state index in [4.69, 9.17) is 16.3 Å². The van der Waals surface area contributed by atoms with Crippen molar-refractivity contribution < 1.29 is 9.53 Å². The molecule has 0 radical (unpaired) electrons. The zero-order chi connectivity index (χ0) is 15.6. The fraction of sp³-hybridized carbons (Fsp3) is 0.0714. The van der Waals surface area contributed by atoms with Crippen LogP contribution in [0.5, 0.6) is 5.75 Å². The fourth-order valence-electron chi connectivity index (χ4n) is 1.66. The number of nitrogens with one attached hydrogen (secondary N) is 1. The average molecular weight is 452 g/mol. The van der Waals surface area contributed by atoms with Crippen molar-refractivity contribution in [2.24, 2.45) is 0 Å². The molecule has 110 valence electrons. The number of hydrogen-bond donors (Lipinski definition) is 2. The maximum Gasteiger partial charge on any atom is 0.257 e. The zero-order valence-corrected chi connectivity index (χ0v) is 15.6. The molecule has 2 rings (SSSR count). The third-order valence-corrected chi connectivity index (χ3v) is 4.57. The minimum Gasteiger partial charge on any atom is -0.495 e. The molecule has 0 saturated carbocycles. The van der Waals surface area contributed by atoms with Crippen molar-refractivity contribution >= 4 is 67.7 Å². The van der Waals surface area contributed by atoms with Crippen molar-refractivity contribution in [3.8, 4) is 5.75 Å². The van der Waals surface area contributed by atoms with Gasteiger partial charge < -0.3 is 10.1 Å². The maximum absolute atomic E-state index is 12.3. The van der Waals surface area contributed by atoms with Gasteiger partial charge in [0.05, 0.1) is 27.9 Å². The first-order valence-corrected chi connectivity index (χ1v) is 8.16. The topological polar surface area (TPSA) is 38.3 Å². The van der Waals surface area contributed by atoms with Crippen LogP contribution in [0.3, 0.4) is 0 Å². The molecule has 0 bridgehead atoms. The number of hydrogen-bond acceptors (Lipinski definition) is 3. The summed E-state index contributed by atoms with van der Waals surface area (Å²) in [7, 11) is 1.56. The van der Waals surface area contributed by atoms with Crippen molar-refractivity contribution in [2.75, 3.05) is 12.4 Å². The lowest BCUT2D eigenvalue weighted by molar-refractivity contribution is 0.102. The van der Waals surface area contributed by atoms with Crippen LogP contribution < -0.4 is 10.1 Å². The second-order valence-corrected chi connectivity index (χ2v) is 6.72. The molecule has 0 aliphatic carbocycles. The molecule has 1 N–H and O–H groups in total. The van der Waals surface area contributed by atoms with Crippen molar-refractivity contribution in [1.82, 2.24) is 0 Å². The standard InChI is InChI=1S/C14H10Br2ClNO2S/c1-20-13-6-12(9(15)5-10(13)16)18-14(19)8-4-7(21)2-3-11(8)17/h2-6,21H,1H3,(H,18,19). The van der Waals surface area contributed by atoms with Crippen LogP contribution in [0.2, 0.25) is 5.02 Å². The number of ether oxygens (including phenoxy) is 1. The third kappa shape index (κ3) is 3.94. The highest BCUT2D eigenvalue weighted by Crippen LogP contribution is 2.35. The lowest BCUT2D eigenvalue weighted by Gasteiger charge is -2.12. The Morgan fingerprint density at radius 3 is 2.62 bits per heavy atom. The Kier molecular flexibility index (Phi) is 5.60. The molecule has 0 saturated heterocycles.